The quantitative estimate of drug-likeness (QED) is 0.490. The summed E-state index contributed by atoms with van der Waals surface area (Å²) in [5, 5.41) is 7.91. The molecular formula is C27H28N2O3S. The van der Waals surface area contributed by atoms with E-state index in [1.54, 1.807) is 12.1 Å². The van der Waals surface area contributed by atoms with Crippen molar-refractivity contribution in [3.8, 4) is 5.75 Å². The van der Waals surface area contributed by atoms with Crippen LogP contribution in [-0.2, 0) is 4.79 Å². The fraction of sp³-hybridized carbons (Fsp3) is 0.259. The fourth-order valence-electron chi connectivity index (χ4n) is 4.01. The number of thiophene rings is 1. The molecule has 0 bridgehead atoms. The molecule has 1 atom stereocenters. The monoisotopic (exact) mass is 460 g/mol. The van der Waals surface area contributed by atoms with Gasteiger partial charge in [0.25, 0.3) is 11.8 Å². The lowest BCUT2D eigenvalue weighted by atomic mass is 9.89. The van der Waals surface area contributed by atoms with Crippen LogP contribution in [0.4, 0.5) is 0 Å². The normalized spacial score (nSPS) is 17.0. The van der Waals surface area contributed by atoms with E-state index in [1.165, 1.54) is 11.3 Å². The van der Waals surface area contributed by atoms with Gasteiger partial charge in [-0.1, -0.05) is 36.4 Å². The first kappa shape index (κ1) is 22.8. The van der Waals surface area contributed by atoms with Gasteiger partial charge in [0.1, 0.15) is 17.0 Å². The highest BCUT2D eigenvalue weighted by atomic mass is 32.1. The molecule has 2 aromatic carbocycles. The third kappa shape index (κ3) is 5.34. The molecule has 2 N–H and O–H groups in total. The van der Waals surface area contributed by atoms with E-state index in [0.717, 1.165) is 27.3 Å². The summed E-state index contributed by atoms with van der Waals surface area (Å²) >= 11 is 1.50. The SMILES string of the molecule is Cc1ccc2c(c1)OC(C)(C)C[C@@H]2NC(=O)/C(=C/c1cccs1)NC(=O)c1ccccc1C. The Bertz CT molecular complexity index is 1210. The number of nitrogens with one attached hydrogen (secondary N) is 2. The van der Waals surface area contributed by atoms with Crippen molar-refractivity contribution in [2.45, 2.75) is 45.8 Å². The Hall–Kier alpha value is -3.38. The van der Waals surface area contributed by atoms with Gasteiger partial charge in [-0.2, -0.15) is 0 Å². The van der Waals surface area contributed by atoms with Crippen molar-refractivity contribution >= 4 is 29.2 Å². The molecule has 2 amide bonds. The van der Waals surface area contributed by atoms with Crippen LogP contribution in [0.3, 0.4) is 0 Å². The zero-order valence-electron chi connectivity index (χ0n) is 19.3. The Kier molecular flexibility index (Phi) is 6.38. The average molecular weight is 461 g/mol. The number of rotatable bonds is 5. The van der Waals surface area contributed by atoms with Crippen molar-refractivity contribution in [2.24, 2.45) is 0 Å². The van der Waals surface area contributed by atoms with Gasteiger partial charge in [0, 0.05) is 22.4 Å². The van der Waals surface area contributed by atoms with E-state index in [0.29, 0.717) is 12.0 Å². The zero-order chi connectivity index (χ0) is 23.6. The maximum Gasteiger partial charge on any atom is 0.268 e. The average Bonchev–Trinajstić information content (AvgIpc) is 3.25. The van der Waals surface area contributed by atoms with Crippen LogP contribution in [0.25, 0.3) is 6.08 Å². The minimum absolute atomic E-state index is 0.212. The van der Waals surface area contributed by atoms with E-state index in [9.17, 15) is 9.59 Å². The molecule has 0 saturated heterocycles. The summed E-state index contributed by atoms with van der Waals surface area (Å²) in [6.07, 6.45) is 2.34. The first-order chi connectivity index (χ1) is 15.7. The minimum Gasteiger partial charge on any atom is -0.487 e. The number of hydrogen-bond donors (Lipinski definition) is 2. The van der Waals surface area contributed by atoms with Gasteiger partial charge in [0.15, 0.2) is 0 Å². The van der Waals surface area contributed by atoms with Crippen LogP contribution >= 0.6 is 11.3 Å². The summed E-state index contributed by atoms with van der Waals surface area (Å²) in [5.41, 5.74) is 3.20. The summed E-state index contributed by atoms with van der Waals surface area (Å²) in [5.74, 6) is 0.137. The predicted octanol–water partition coefficient (Wildman–Crippen LogP) is 5.55. The molecule has 3 aromatic rings. The van der Waals surface area contributed by atoms with Gasteiger partial charge in [0.2, 0.25) is 0 Å². The number of fused-ring (bicyclic) bond motifs is 1. The van der Waals surface area contributed by atoms with Crippen LogP contribution in [0.1, 0.15) is 58.2 Å². The van der Waals surface area contributed by atoms with Gasteiger partial charge in [0.05, 0.1) is 6.04 Å². The van der Waals surface area contributed by atoms with Crippen molar-refractivity contribution in [3.63, 3.8) is 0 Å². The number of benzene rings is 2. The number of amides is 2. The number of carbonyl (C=O) groups is 2. The largest absolute Gasteiger partial charge is 0.487 e. The standard InChI is InChI=1S/C27H28N2O3S/c1-17-11-12-21-23(16-27(3,4)32-24(21)14-17)29-26(31)22(15-19-9-7-13-33-19)28-25(30)20-10-6-5-8-18(20)2/h5-15,23H,16H2,1-4H3,(H,28,30)(H,29,31)/b22-15-/t23-/m0/s1. The molecular weight excluding hydrogens is 432 g/mol. The molecule has 2 heterocycles. The second-order valence-corrected chi connectivity index (χ2v) is 9.95. The molecule has 0 saturated carbocycles. The highest BCUT2D eigenvalue weighted by molar-refractivity contribution is 7.10. The molecule has 0 spiro atoms. The van der Waals surface area contributed by atoms with Crippen LogP contribution in [0.5, 0.6) is 5.75 Å². The molecule has 0 radical (unpaired) electrons. The molecule has 6 heteroatoms. The van der Waals surface area contributed by atoms with Crippen LogP contribution in [0.15, 0.2) is 65.7 Å². The third-order valence-corrected chi connectivity index (χ3v) is 6.46. The molecule has 1 aromatic heterocycles. The van der Waals surface area contributed by atoms with E-state index in [-0.39, 0.29) is 23.6 Å². The minimum atomic E-state index is -0.430. The third-order valence-electron chi connectivity index (χ3n) is 5.64. The van der Waals surface area contributed by atoms with E-state index in [2.05, 4.69) is 10.6 Å². The molecule has 170 valence electrons. The number of ether oxygens (including phenoxy) is 1. The smallest absolute Gasteiger partial charge is 0.268 e. The van der Waals surface area contributed by atoms with Crippen molar-refractivity contribution in [1.29, 1.82) is 0 Å². The second kappa shape index (κ2) is 9.24. The van der Waals surface area contributed by atoms with Crippen molar-refractivity contribution in [2.75, 3.05) is 0 Å². The van der Waals surface area contributed by atoms with Gasteiger partial charge in [-0.3, -0.25) is 9.59 Å². The number of aryl methyl sites for hydroxylation is 2. The predicted molar refractivity (Wildman–Crippen MR) is 132 cm³/mol. The van der Waals surface area contributed by atoms with Crippen LogP contribution in [0, 0.1) is 13.8 Å². The van der Waals surface area contributed by atoms with Gasteiger partial charge in [-0.25, -0.2) is 0 Å². The van der Waals surface area contributed by atoms with Gasteiger partial charge < -0.3 is 15.4 Å². The lowest BCUT2D eigenvalue weighted by molar-refractivity contribution is -0.119. The maximum absolute atomic E-state index is 13.4. The Balaban J connectivity index is 1.62. The molecule has 0 fully saturated rings. The summed E-state index contributed by atoms with van der Waals surface area (Å²) in [6.45, 7) is 7.92. The molecule has 5 nitrogen and oxygen atoms in total. The van der Waals surface area contributed by atoms with Crippen molar-refractivity contribution in [3.05, 3.63) is 92.8 Å². The molecule has 1 aliphatic rings. The lowest BCUT2D eigenvalue weighted by Gasteiger charge is -2.38. The summed E-state index contributed by atoms with van der Waals surface area (Å²) < 4.78 is 6.16. The highest BCUT2D eigenvalue weighted by Gasteiger charge is 2.35. The van der Waals surface area contributed by atoms with Crippen LogP contribution in [-0.4, -0.2) is 17.4 Å². The highest BCUT2D eigenvalue weighted by Crippen LogP contribution is 2.40. The van der Waals surface area contributed by atoms with E-state index >= 15 is 0 Å². The molecule has 33 heavy (non-hydrogen) atoms. The van der Waals surface area contributed by atoms with E-state index < -0.39 is 5.60 Å². The summed E-state index contributed by atoms with van der Waals surface area (Å²) in [4.78, 5) is 27.3. The molecule has 0 unspecified atom stereocenters. The second-order valence-electron chi connectivity index (χ2n) is 8.98. The Morgan fingerprint density at radius 2 is 1.88 bits per heavy atom. The zero-order valence-corrected chi connectivity index (χ0v) is 20.1. The van der Waals surface area contributed by atoms with Gasteiger partial charge in [-0.15, -0.1) is 11.3 Å². The van der Waals surface area contributed by atoms with Gasteiger partial charge >= 0.3 is 0 Å². The topological polar surface area (TPSA) is 67.4 Å². The molecule has 4 rings (SSSR count). The van der Waals surface area contributed by atoms with E-state index in [1.807, 2.05) is 81.6 Å². The summed E-state index contributed by atoms with van der Waals surface area (Å²) in [6, 6.07) is 16.9. The Morgan fingerprint density at radius 3 is 2.61 bits per heavy atom. The number of carbonyl (C=O) groups excluding carboxylic acids is 2. The van der Waals surface area contributed by atoms with Crippen LogP contribution in [0.2, 0.25) is 0 Å². The maximum atomic E-state index is 13.4. The van der Waals surface area contributed by atoms with Crippen molar-refractivity contribution < 1.29 is 14.3 Å². The summed E-state index contributed by atoms with van der Waals surface area (Å²) in [7, 11) is 0. The Morgan fingerprint density at radius 1 is 1.09 bits per heavy atom. The first-order valence-corrected chi connectivity index (χ1v) is 11.8. The fourth-order valence-corrected chi connectivity index (χ4v) is 4.67. The number of hydrogen-bond acceptors (Lipinski definition) is 4. The van der Waals surface area contributed by atoms with Crippen molar-refractivity contribution in [1.82, 2.24) is 10.6 Å². The lowest BCUT2D eigenvalue weighted by Crippen LogP contribution is -2.43. The van der Waals surface area contributed by atoms with Gasteiger partial charge in [-0.05, 0) is 68.5 Å². The molecule has 1 aliphatic heterocycles. The van der Waals surface area contributed by atoms with E-state index in [4.69, 9.17) is 4.74 Å². The Labute approximate surface area is 198 Å². The first-order valence-electron chi connectivity index (χ1n) is 10.9. The molecule has 0 aliphatic carbocycles. The van der Waals surface area contributed by atoms with Crippen LogP contribution < -0.4 is 15.4 Å².